The topological polar surface area (TPSA) is 46.2 Å². The monoisotopic (exact) mass is 449 g/mol. The fourth-order valence-corrected chi connectivity index (χ4v) is 6.51. The van der Waals surface area contributed by atoms with Gasteiger partial charge in [-0.3, -0.25) is 9.59 Å². The fraction of sp³-hybridized carbons (Fsp3) is 0.407. The number of allylic oxidation sites excluding steroid dienone is 4. The van der Waals surface area contributed by atoms with Crippen molar-refractivity contribution in [1.29, 1.82) is 0 Å². The maximum absolute atomic E-state index is 13.4. The standard InChI is InChI=1S/C27H28FNO2S/c1-26(2)10-18-23(20(30)12-26)25(24-19(29-18)11-27(3,4)13-21(24)31)22-9-16(14-32-22)15-5-7-17(28)8-6-15/h5-9,14,25,29H,10-13H2,1-4H3. The molecule has 1 aromatic carbocycles. The number of halogens is 1. The van der Waals surface area contributed by atoms with Crippen LogP contribution in [-0.4, -0.2) is 11.6 Å². The van der Waals surface area contributed by atoms with E-state index in [-0.39, 0.29) is 34.1 Å². The van der Waals surface area contributed by atoms with Crippen LogP contribution in [0.4, 0.5) is 4.39 Å². The van der Waals surface area contributed by atoms with E-state index in [1.165, 1.54) is 12.1 Å². The van der Waals surface area contributed by atoms with Gasteiger partial charge in [0.1, 0.15) is 5.82 Å². The predicted molar refractivity (Wildman–Crippen MR) is 126 cm³/mol. The molecule has 0 atom stereocenters. The highest BCUT2D eigenvalue weighted by Gasteiger charge is 2.46. The third-order valence-electron chi connectivity index (χ3n) is 6.80. The zero-order chi connectivity index (χ0) is 22.8. The van der Waals surface area contributed by atoms with Gasteiger partial charge in [0.05, 0.1) is 5.92 Å². The number of Topliss-reactive ketones (excluding diaryl/α,β-unsaturated/α-hetero) is 2. The third kappa shape index (κ3) is 3.66. The van der Waals surface area contributed by atoms with Crippen LogP contribution in [0.15, 0.2) is 58.3 Å². The second-order valence-corrected chi connectivity index (χ2v) is 11.9. The summed E-state index contributed by atoms with van der Waals surface area (Å²) in [4.78, 5) is 27.8. The van der Waals surface area contributed by atoms with E-state index in [1.807, 2.05) is 5.38 Å². The normalized spacial score (nSPS) is 22.5. The minimum Gasteiger partial charge on any atom is -0.362 e. The number of nitrogens with one attached hydrogen (secondary N) is 1. The average molecular weight is 450 g/mol. The lowest BCUT2D eigenvalue weighted by molar-refractivity contribution is -0.119. The Labute approximate surface area is 192 Å². The quantitative estimate of drug-likeness (QED) is 0.567. The van der Waals surface area contributed by atoms with Crippen molar-refractivity contribution in [3.63, 3.8) is 0 Å². The van der Waals surface area contributed by atoms with Gasteiger partial charge in [0.15, 0.2) is 11.6 Å². The first-order valence-corrected chi connectivity index (χ1v) is 12.0. The molecule has 0 fully saturated rings. The fourth-order valence-electron chi connectivity index (χ4n) is 5.47. The summed E-state index contributed by atoms with van der Waals surface area (Å²) in [5.41, 5.74) is 5.21. The predicted octanol–water partition coefficient (Wildman–Crippen LogP) is 6.53. The van der Waals surface area contributed by atoms with Crippen LogP contribution in [0.1, 0.15) is 64.2 Å². The van der Waals surface area contributed by atoms with Crippen LogP contribution in [0.2, 0.25) is 0 Å². The van der Waals surface area contributed by atoms with Crippen molar-refractivity contribution in [3.05, 3.63) is 68.9 Å². The van der Waals surface area contributed by atoms with Crippen LogP contribution >= 0.6 is 11.3 Å². The average Bonchev–Trinajstić information content (AvgIpc) is 3.14. The maximum Gasteiger partial charge on any atom is 0.162 e. The Balaban J connectivity index is 1.64. The molecule has 0 unspecified atom stereocenters. The van der Waals surface area contributed by atoms with E-state index in [4.69, 9.17) is 0 Å². The molecular weight excluding hydrogens is 421 g/mol. The number of hydrogen-bond acceptors (Lipinski definition) is 4. The van der Waals surface area contributed by atoms with Gasteiger partial charge in [-0.2, -0.15) is 0 Å². The largest absolute Gasteiger partial charge is 0.362 e. The van der Waals surface area contributed by atoms with Gasteiger partial charge < -0.3 is 5.32 Å². The second kappa shape index (κ2) is 7.24. The van der Waals surface area contributed by atoms with Crippen molar-refractivity contribution < 1.29 is 14.0 Å². The highest BCUT2D eigenvalue weighted by molar-refractivity contribution is 7.10. The molecule has 2 aromatic rings. The molecule has 0 radical (unpaired) electrons. The minimum absolute atomic E-state index is 0.103. The molecule has 0 spiro atoms. The van der Waals surface area contributed by atoms with E-state index in [9.17, 15) is 14.0 Å². The molecule has 0 bridgehead atoms. The lowest BCUT2D eigenvalue weighted by Gasteiger charge is -2.43. The number of ketones is 2. The molecule has 1 aromatic heterocycles. The summed E-state index contributed by atoms with van der Waals surface area (Å²) in [5, 5.41) is 5.60. The van der Waals surface area contributed by atoms with Crippen molar-refractivity contribution >= 4 is 22.9 Å². The van der Waals surface area contributed by atoms with Gasteiger partial charge in [-0.15, -0.1) is 11.3 Å². The highest BCUT2D eigenvalue weighted by Crippen LogP contribution is 2.52. The van der Waals surface area contributed by atoms with E-state index in [0.29, 0.717) is 12.8 Å². The second-order valence-electron chi connectivity index (χ2n) is 11.0. The Hall–Kier alpha value is -2.53. The molecule has 2 heterocycles. The zero-order valence-electron chi connectivity index (χ0n) is 19.0. The van der Waals surface area contributed by atoms with Gasteiger partial charge in [0.2, 0.25) is 0 Å². The third-order valence-corrected chi connectivity index (χ3v) is 7.80. The Kier molecular flexibility index (Phi) is 4.82. The first-order valence-electron chi connectivity index (χ1n) is 11.2. The van der Waals surface area contributed by atoms with Gasteiger partial charge in [0.25, 0.3) is 0 Å². The number of dihydropyridines is 1. The molecule has 166 valence electrons. The number of thiophene rings is 1. The summed E-state index contributed by atoms with van der Waals surface area (Å²) < 4.78 is 13.4. The number of carbonyl (C=O) groups excluding carboxylic acids is 2. The van der Waals surface area contributed by atoms with E-state index in [0.717, 1.165) is 51.4 Å². The summed E-state index contributed by atoms with van der Waals surface area (Å²) in [6.45, 7) is 8.51. The van der Waals surface area contributed by atoms with Crippen molar-refractivity contribution in [2.24, 2.45) is 10.8 Å². The lowest BCUT2D eigenvalue weighted by Crippen LogP contribution is -2.42. The molecule has 5 rings (SSSR count). The van der Waals surface area contributed by atoms with Crippen LogP contribution in [-0.2, 0) is 9.59 Å². The van der Waals surface area contributed by atoms with Crippen molar-refractivity contribution in [2.45, 2.75) is 59.3 Å². The first-order chi connectivity index (χ1) is 15.0. The number of benzene rings is 1. The van der Waals surface area contributed by atoms with Gasteiger partial charge >= 0.3 is 0 Å². The highest BCUT2D eigenvalue weighted by atomic mass is 32.1. The van der Waals surface area contributed by atoms with E-state index < -0.39 is 0 Å². The SMILES string of the molecule is CC1(C)CC(=O)C2=C(C1)NC1=C(C(=O)CC(C)(C)C1)C2c1cc(-c2ccc(F)cc2)cs1. The maximum atomic E-state index is 13.4. The molecule has 32 heavy (non-hydrogen) atoms. The summed E-state index contributed by atoms with van der Waals surface area (Å²) >= 11 is 1.58. The summed E-state index contributed by atoms with van der Waals surface area (Å²) in [6.07, 6.45) is 2.57. The number of hydrogen-bond donors (Lipinski definition) is 1. The Morgan fingerprint density at radius 1 is 0.844 bits per heavy atom. The molecule has 1 N–H and O–H groups in total. The van der Waals surface area contributed by atoms with E-state index >= 15 is 0 Å². The molecule has 0 saturated carbocycles. The van der Waals surface area contributed by atoms with Gasteiger partial charge in [-0.25, -0.2) is 4.39 Å². The van der Waals surface area contributed by atoms with Crippen LogP contribution in [0, 0.1) is 16.6 Å². The molecule has 3 aliphatic rings. The first kappa shape index (κ1) is 21.3. The van der Waals surface area contributed by atoms with Gasteiger partial charge in [-0.1, -0.05) is 39.8 Å². The Morgan fingerprint density at radius 2 is 1.38 bits per heavy atom. The van der Waals surface area contributed by atoms with Crippen LogP contribution in [0.3, 0.4) is 0 Å². The molecule has 0 saturated heterocycles. The smallest absolute Gasteiger partial charge is 0.162 e. The zero-order valence-corrected chi connectivity index (χ0v) is 19.8. The molecule has 2 aliphatic carbocycles. The van der Waals surface area contributed by atoms with Crippen molar-refractivity contribution in [1.82, 2.24) is 5.32 Å². The molecule has 3 nitrogen and oxygen atoms in total. The molecule has 1 aliphatic heterocycles. The van der Waals surface area contributed by atoms with Crippen molar-refractivity contribution in [3.8, 4) is 11.1 Å². The van der Waals surface area contributed by atoms with Crippen LogP contribution in [0.5, 0.6) is 0 Å². The van der Waals surface area contributed by atoms with E-state index in [2.05, 4.69) is 39.1 Å². The minimum atomic E-state index is -0.312. The Bertz CT molecular complexity index is 1140. The van der Waals surface area contributed by atoms with Gasteiger partial charge in [0, 0.05) is 40.3 Å². The van der Waals surface area contributed by atoms with Crippen LogP contribution < -0.4 is 5.32 Å². The van der Waals surface area contributed by atoms with Gasteiger partial charge in [-0.05, 0) is 58.4 Å². The van der Waals surface area contributed by atoms with E-state index in [1.54, 1.807) is 23.5 Å². The molecule has 5 heteroatoms. The summed E-state index contributed by atoms with van der Waals surface area (Å²) in [5.74, 6) is -0.310. The molecular formula is C27H28FNO2S. The molecule has 0 amide bonds. The number of rotatable bonds is 2. The van der Waals surface area contributed by atoms with Crippen molar-refractivity contribution in [2.75, 3.05) is 0 Å². The number of carbonyl (C=O) groups is 2. The lowest BCUT2D eigenvalue weighted by atomic mass is 9.65. The van der Waals surface area contributed by atoms with Crippen LogP contribution in [0.25, 0.3) is 11.1 Å². The Morgan fingerprint density at radius 3 is 1.91 bits per heavy atom. The summed E-state index contributed by atoms with van der Waals surface area (Å²) in [6, 6.07) is 8.52. The summed E-state index contributed by atoms with van der Waals surface area (Å²) in [7, 11) is 0.